The van der Waals surface area contributed by atoms with Crippen molar-refractivity contribution in [3.05, 3.63) is 59.2 Å². The summed E-state index contributed by atoms with van der Waals surface area (Å²) >= 11 is 0. The van der Waals surface area contributed by atoms with Crippen molar-refractivity contribution < 1.29 is 14.3 Å². The second kappa shape index (κ2) is 8.01. The Hall–Kier alpha value is -3.02. The maximum absolute atomic E-state index is 11.9. The molecule has 2 aromatic carbocycles. The number of hydrogen-bond acceptors (Lipinski definition) is 3. The topological polar surface area (TPSA) is 93.4 Å². The second-order valence-corrected chi connectivity index (χ2v) is 5.37. The summed E-state index contributed by atoms with van der Waals surface area (Å²) in [7, 11) is 1.62. The lowest BCUT2D eigenvalue weighted by Gasteiger charge is -2.10. The number of nitrogens with one attached hydrogen (secondary N) is 2. The molecule has 0 heterocycles. The van der Waals surface area contributed by atoms with Crippen LogP contribution in [0.4, 0.5) is 10.5 Å². The highest BCUT2D eigenvalue weighted by atomic mass is 16.5. The van der Waals surface area contributed by atoms with E-state index in [2.05, 4.69) is 10.6 Å². The molecule has 3 amide bonds. The Bertz CT molecular complexity index is 727. The lowest BCUT2D eigenvalue weighted by molar-refractivity contribution is 0.0999. The molecule has 4 N–H and O–H groups in total. The first-order chi connectivity index (χ1) is 11.5. The van der Waals surface area contributed by atoms with Gasteiger partial charge in [0.05, 0.1) is 7.11 Å². The minimum atomic E-state index is -0.518. The average Bonchev–Trinajstić information content (AvgIpc) is 2.57. The molecule has 0 spiro atoms. The van der Waals surface area contributed by atoms with Gasteiger partial charge in [0, 0.05) is 17.8 Å². The predicted octanol–water partition coefficient (Wildman–Crippen LogP) is 2.47. The Labute approximate surface area is 141 Å². The first kappa shape index (κ1) is 17.3. The van der Waals surface area contributed by atoms with Gasteiger partial charge in [-0.15, -0.1) is 0 Å². The van der Waals surface area contributed by atoms with E-state index < -0.39 is 5.91 Å². The molecule has 24 heavy (non-hydrogen) atoms. The largest absolute Gasteiger partial charge is 0.497 e. The summed E-state index contributed by atoms with van der Waals surface area (Å²) in [4.78, 5) is 23.2. The maximum Gasteiger partial charge on any atom is 0.319 e. The van der Waals surface area contributed by atoms with Gasteiger partial charge in [-0.3, -0.25) is 4.79 Å². The number of methoxy groups -OCH3 is 1. The van der Waals surface area contributed by atoms with E-state index in [0.717, 1.165) is 16.9 Å². The van der Waals surface area contributed by atoms with Gasteiger partial charge in [0.1, 0.15) is 5.75 Å². The molecule has 0 aromatic heterocycles. The van der Waals surface area contributed by atoms with E-state index in [1.54, 1.807) is 32.2 Å². The van der Waals surface area contributed by atoms with Crippen molar-refractivity contribution in [3.63, 3.8) is 0 Å². The van der Waals surface area contributed by atoms with Gasteiger partial charge in [-0.25, -0.2) is 4.79 Å². The summed E-state index contributed by atoms with van der Waals surface area (Å²) in [5.74, 6) is 0.283. The summed E-state index contributed by atoms with van der Waals surface area (Å²) in [6.45, 7) is 2.28. The molecule has 126 valence electrons. The van der Waals surface area contributed by atoms with E-state index in [1.165, 1.54) is 0 Å². The first-order valence-corrected chi connectivity index (χ1v) is 7.58. The first-order valence-electron chi connectivity index (χ1n) is 7.58. The normalized spacial score (nSPS) is 10.1. The molecule has 0 radical (unpaired) electrons. The van der Waals surface area contributed by atoms with Crippen molar-refractivity contribution in [2.75, 3.05) is 19.0 Å². The number of nitrogens with two attached hydrogens (primary N) is 1. The lowest BCUT2D eigenvalue weighted by Crippen LogP contribution is -2.30. The van der Waals surface area contributed by atoms with Crippen LogP contribution in [0.2, 0.25) is 0 Å². The summed E-state index contributed by atoms with van der Waals surface area (Å²) in [6.07, 6.45) is 0.706. The molecule has 6 heteroatoms. The van der Waals surface area contributed by atoms with Crippen LogP contribution in [0.25, 0.3) is 0 Å². The van der Waals surface area contributed by atoms with E-state index in [-0.39, 0.29) is 6.03 Å². The van der Waals surface area contributed by atoms with E-state index in [4.69, 9.17) is 10.5 Å². The van der Waals surface area contributed by atoms with Crippen LogP contribution in [0.15, 0.2) is 42.5 Å². The number of ether oxygens (including phenoxy) is 1. The molecule has 0 aliphatic heterocycles. The lowest BCUT2D eigenvalue weighted by atomic mass is 10.1. The van der Waals surface area contributed by atoms with Gasteiger partial charge in [-0.1, -0.05) is 18.2 Å². The molecule has 0 saturated carbocycles. The Balaban J connectivity index is 1.84. The van der Waals surface area contributed by atoms with Crippen LogP contribution in [0, 0.1) is 6.92 Å². The standard InChI is InChI=1S/C18H21N3O3/c1-12-3-6-14(11-16(12)17(19)22)21-18(23)20-10-9-13-4-7-15(24-2)8-5-13/h3-8,11H,9-10H2,1-2H3,(H2,19,22)(H2,20,21,23). The zero-order valence-corrected chi connectivity index (χ0v) is 13.8. The monoisotopic (exact) mass is 327 g/mol. The van der Waals surface area contributed by atoms with Crippen LogP contribution in [0.5, 0.6) is 5.75 Å². The Kier molecular flexibility index (Phi) is 5.78. The molecule has 6 nitrogen and oxygen atoms in total. The van der Waals surface area contributed by atoms with Crippen LogP contribution in [0.3, 0.4) is 0 Å². The minimum absolute atomic E-state index is 0.331. The Morgan fingerprint density at radius 2 is 1.83 bits per heavy atom. The minimum Gasteiger partial charge on any atom is -0.497 e. The van der Waals surface area contributed by atoms with Crippen LogP contribution in [-0.4, -0.2) is 25.6 Å². The molecular formula is C18H21N3O3. The number of amides is 3. The fourth-order valence-electron chi connectivity index (χ4n) is 2.25. The smallest absolute Gasteiger partial charge is 0.319 e. The van der Waals surface area contributed by atoms with Gasteiger partial charge >= 0.3 is 6.03 Å². The molecule has 0 aliphatic carbocycles. The SMILES string of the molecule is COc1ccc(CCNC(=O)Nc2ccc(C)c(C(N)=O)c2)cc1. The zero-order chi connectivity index (χ0) is 17.5. The van der Waals surface area contributed by atoms with Gasteiger partial charge in [-0.05, 0) is 48.7 Å². The van der Waals surface area contributed by atoms with Gasteiger partial charge in [0.25, 0.3) is 0 Å². The van der Waals surface area contributed by atoms with Crippen LogP contribution in [0.1, 0.15) is 21.5 Å². The quantitative estimate of drug-likeness (QED) is 0.761. The number of primary amides is 1. The molecule has 0 saturated heterocycles. The van der Waals surface area contributed by atoms with Crippen LogP contribution < -0.4 is 21.1 Å². The highest BCUT2D eigenvalue weighted by molar-refractivity contribution is 5.97. The van der Waals surface area contributed by atoms with Gasteiger partial charge in [0.15, 0.2) is 0 Å². The highest BCUT2D eigenvalue weighted by Crippen LogP contribution is 2.15. The van der Waals surface area contributed by atoms with E-state index in [1.807, 2.05) is 24.3 Å². The third kappa shape index (κ3) is 4.74. The van der Waals surface area contributed by atoms with Crippen molar-refractivity contribution in [1.29, 1.82) is 0 Å². The molecule has 0 unspecified atom stereocenters. The molecule has 0 aliphatic rings. The third-order valence-corrected chi connectivity index (χ3v) is 3.62. The van der Waals surface area contributed by atoms with E-state index >= 15 is 0 Å². The van der Waals surface area contributed by atoms with Crippen LogP contribution >= 0.6 is 0 Å². The number of urea groups is 1. The van der Waals surface area contributed by atoms with Crippen LogP contribution in [-0.2, 0) is 6.42 Å². The Morgan fingerprint density at radius 3 is 2.46 bits per heavy atom. The summed E-state index contributed by atoms with van der Waals surface area (Å²) < 4.78 is 5.10. The maximum atomic E-state index is 11.9. The fourth-order valence-corrected chi connectivity index (χ4v) is 2.25. The molecule has 2 rings (SSSR count). The third-order valence-electron chi connectivity index (χ3n) is 3.62. The predicted molar refractivity (Wildman–Crippen MR) is 93.4 cm³/mol. The van der Waals surface area contributed by atoms with Crippen molar-refractivity contribution in [2.24, 2.45) is 5.73 Å². The number of anilines is 1. The zero-order valence-electron chi connectivity index (χ0n) is 13.8. The molecule has 2 aromatic rings. The number of carbonyl (C=O) groups excluding carboxylic acids is 2. The van der Waals surface area contributed by atoms with E-state index in [0.29, 0.717) is 24.2 Å². The number of rotatable bonds is 6. The highest BCUT2D eigenvalue weighted by Gasteiger charge is 2.08. The molecule has 0 fully saturated rings. The van der Waals surface area contributed by atoms with Crippen molar-refractivity contribution in [2.45, 2.75) is 13.3 Å². The van der Waals surface area contributed by atoms with Crippen molar-refractivity contribution >= 4 is 17.6 Å². The molecular weight excluding hydrogens is 306 g/mol. The number of aryl methyl sites for hydroxylation is 1. The van der Waals surface area contributed by atoms with Crippen molar-refractivity contribution in [1.82, 2.24) is 5.32 Å². The van der Waals surface area contributed by atoms with Crippen molar-refractivity contribution in [3.8, 4) is 5.75 Å². The van der Waals surface area contributed by atoms with Gasteiger partial charge in [-0.2, -0.15) is 0 Å². The van der Waals surface area contributed by atoms with Gasteiger partial charge in [0.2, 0.25) is 5.91 Å². The van der Waals surface area contributed by atoms with E-state index in [9.17, 15) is 9.59 Å². The summed E-state index contributed by atoms with van der Waals surface area (Å²) in [6, 6.07) is 12.4. The van der Waals surface area contributed by atoms with Gasteiger partial charge < -0.3 is 21.1 Å². The number of carbonyl (C=O) groups is 2. The molecule has 0 bridgehead atoms. The second-order valence-electron chi connectivity index (χ2n) is 5.37. The summed E-state index contributed by atoms with van der Waals surface area (Å²) in [5.41, 5.74) is 8.09. The fraction of sp³-hybridized carbons (Fsp3) is 0.222. The number of hydrogen-bond donors (Lipinski definition) is 3. The Morgan fingerprint density at radius 1 is 1.12 bits per heavy atom. The average molecular weight is 327 g/mol. The summed E-state index contributed by atoms with van der Waals surface area (Å²) in [5, 5.41) is 5.47. The molecule has 0 atom stereocenters. The number of benzene rings is 2.